The zero-order valence-electron chi connectivity index (χ0n) is 18.4. The lowest BCUT2D eigenvalue weighted by molar-refractivity contribution is 0.464. The van der Waals surface area contributed by atoms with Gasteiger partial charge >= 0.3 is 0 Å². The number of phenols is 1. The molecule has 0 aliphatic rings. The lowest BCUT2D eigenvalue weighted by Crippen LogP contribution is -1.87. The van der Waals surface area contributed by atoms with Gasteiger partial charge in [0.1, 0.15) is 5.75 Å². The lowest BCUT2D eigenvalue weighted by atomic mass is 10.0. The highest BCUT2D eigenvalue weighted by Crippen LogP contribution is 2.25. The first kappa shape index (κ1) is 1.54. The van der Waals surface area contributed by atoms with E-state index in [1.165, 1.54) is 0 Å². The molecule has 0 spiro atoms. The molecule has 11 heavy (non-hydrogen) atoms. The van der Waals surface area contributed by atoms with Crippen molar-refractivity contribution in [2.45, 2.75) is 26.4 Å². The third kappa shape index (κ3) is 1.73. The maximum Gasteiger partial charge on any atom is 0.119 e. The van der Waals surface area contributed by atoms with E-state index in [0.29, 0.717) is 0 Å². The Balaban J connectivity index is 4.05. The summed E-state index contributed by atoms with van der Waals surface area (Å²) in [5.74, 6) is -4.93. The summed E-state index contributed by atoms with van der Waals surface area (Å²) in [4.78, 5) is 0. The van der Waals surface area contributed by atoms with Crippen LogP contribution in [0, 0.1) is 6.85 Å². The first-order chi connectivity index (χ1) is 10.4. The van der Waals surface area contributed by atoms with Crippen molar-refractivity contribution in [2.24, 2.45) is 0 Å². The Kier molecular flexibility index (Phi) is 0.413. The predicted molar refractivity (Wildman–Crippen MR) is 46.9 cm³/mol. The highest BCUT2D eigenvalue weighted by atomic mass is 16.3. The van der Waals surface area contributed by atoms with Gasteiger partial charge in [-0.15, -0.1) is 0 Å². The third-order valence-corrected chi connectivity index (χ3v) is 1.04. The Morgan fingerprint density at radius 2 is 2.45 bits per heavy atom. The monoisotopic (exact) mass is 163 g/mol. The Hall–Kier alpha value is -0.980. The fourth-order valence-corrected chi connectivity index (χ4v) is 0.577. The second-order valence-corrected chi connectivity index (χ2v) is 1.85. The summed E-state index contributed by atoms with van der Waals surface area (Å²) >= 11 is 0. The molecule has 1 aromatic rings. The van der Waals surface area contributed by atoms with Gasteiger partial charge in [-0.05, 0) is 29.9 Å². The average Bonchev–Trinajstić information content (AvgIpc) is 2.32. The van der Waals surface area contributed by atoms with Crippen LogP contribution in [0.1, 0.15) is 48.5 Å². The normalized spacial score (nSPS) is 32.2. The zero-order valence-corrected chi connectivity index (χ0v) is 5.45. The molecule has 0 saturated carbocycles. The van der Waals surface area contributed by atoms with Crippen molar-refractivity contribution in [3.05, 3.63) is 29.3 Å². The summed E-state index contributed by atoms with van der Waals surface area (Å²) in [5.41, 5.74) is -2.31. The van der Waals surface area contributed by atoms with Gasteiger partial charge < -0.3 is 5.11 Å². The Morgan fingerprint density at radius 1 is 1.64 bits per heavy atom. The van der Waals surface area contributed by atoms with E-state index >= 15 is 0 Å². The van der Waals surface area contributed by atoms with Crippen LogP contribution in [0.4, 0.5) is 0 Å². The smallest absolute Gasteiger partial charge is 0.119 e. The standard InChI is InChI=1S/C10H14O/c1-7(2)9-5-4-8(3)6-10(9)11/h4-7,11H,1-3H3/i1D3,2D3,3D3,4D,5D,6D,7D. The van der Waals surface area contributed by atoms with E-state index in [-0.39, 0.29) is 0 Å². The van der Waals surface area contributed by atoms with Crippen LogP contribution >= 0.6 is 0 Å². The van der Waals surface area contributed by atoms with Gasteiger partial charge in [0.05, 0.1) is 4.11 Å². The van der Waals surface area contributed by atoms with Crippen LogP contribution in [0.5, 0.6) is 5.75 Å². The van der Waals surface area contributed by atoms with Crippen molar-refractivity contribution >= 4 is 0 Å². The van der Waals surface area contributed by atoms with E-state index < -0.39 is 61.5 Å². The molecule has 0 radical (unpaired) electrons. The molecule has 0 heterocycles. The average molecular weight is 163 g/mol. The van der Waals surface area contributed by atoms with Crippen LogP contribution in [-0.2, 0) is 0 Å². The van der Waals surface area contributed by atoms with E-state index in [0.717, 1.165) is 0 Å². The first-order valence-corrected chi connectivity index (χ1v) is 2.72. The van der Waals surface area contributed by atoms with Crippen LogP contribution in [0.2, 0.25) is 0 Å². The zero-order chi connectivity index (χ0) is 19.5. The van der Waals surface area contributed by atoms with Crippen LogP contribution in [-0.4, -0.2) is 5.11 Å². The minimum Gasteiger partial charge on any atom is -0.508 e. The number of rotatable bonds is 1. The molecule has 60 valence electrons. The summed E-state index contributed by atoms with van der Waals surface area (Å²) in [6.45, 7) is -10.2. The van der Waals surface area contributed by atoms with Crippen LogP contribution in [0.3, 0.4) is 0 Å². The van der Waals surface area contributed by atoms with Crippen molar-refractivity contribution in [1.29, 1.82) is 0 Å². The topological polar surface area (TPSA) is 20.2 Å². The van der Waals surface area contributed by atoms with Crippen molar-refractivity contribution in [1.82, 2.24) is 0 Å². The van der Waals surface area contributed by atoms with Crippen molar-refractivity contribution in [2.75, 3.05) is 0 Å². The van der Waals surface area contributed by atoms with E-state index in [4.69, 9.17) is 17.8 Å². The Labute approximate surface area is 86.0 Å². The molecular formula is C10H14O. The van der Waals surface area contributed by atoms with E-state index in [9.17, 15) is 5.11 Å². The first-order valence-electron chi connectivity index (χ1n) is 9.22. The Bertz CT molecular complexity index is 608. The largest absolute Gasteiger partial charge is 0.508 e. The van der Waals surface area contributed by atoms with Gasteiger partial charge in [-0.1, -0.05) is 25.8 Å². The Morgan fingerprint density at radius 3 is 3.09 bits per heavy atom. The lowest BCUT2D eigenvalue weighted by Gasteiger charge is -2.07. The van der Waals surface area contributed by atoms with Gasteiger partial charge in [-0.25, -0.2) is 0 Å². The summed E-state index contributed by atoms with van der Waals surface area (Å²) in [6, 6.07) is -3.55. The molecule has 0 unspecified atom stereocenters. The summed E-state index contributed by atoms with van der Waals surface area (Å²) < 4.78 is 96.9. The number of hydrogen-bond acceptors (Lipinski definition) is 1. The SMILES string of the molecule is [2H]c1c([2H])c(C([2H])(C([2H])([2H])[2H])C([2H])([2H])[2H])c(O)c([2H])c1C([2H])([2H])[2H]. The third-order valence-electron chi connectivity index (χ3n) is 1.04. The summed E-state index contributed by atoms with van der Waals surface area (Å²) in [5, 5.41) is 10.0. The van der Waals surface area contributed by atoms with Crippen molar-refractivity contribution in [3.8, 4) is 5.75 Å². The second-order valence-electron chi connectivity index (χ2n) is 1.85. The molecule has 1 rings (SSSR count). The van der Waals surface area contributed by atoms with Crippen LogP contribution in [0.25, 0.3) is 0 Å². The minimum atomic E-state index is -3.55. The molecule has 0 bridgehead atoms. The molecule has 0 aromatic heterocycles. The highest BCUT2D eigenvalue weighted by Gasteiger charge is 2.03. The maximum atomic E-state index is 10.0. The minimum absolute atomic E-state index is 1.02. The van der Waals surface area contributed by atoms with E-state index in [1.807, 2.05) is 0 Å². The van der Waals surface area contributed by atoms with Gasteiger partial charge in [-0.2, -0.15) is 0 Å². The van der Waals surface area contributed by atoms with Crippen molar-refractivity contribution in [3.63, 3.8) is 0 Å². The van der Waals surface area contributed by atoms with Gasteiger partial charge in [0.2, 0.25) is 0 Å². The van der Waals surface area contributed by atoms with Gasteiger partial charge in [0.25, 0.3) is 0 Å². The molecule has 1 N–H and O–H groups in total. The number of phenolic OH excluding ortho intramolecular Hbond substituents is 1. The molecule has 0 atom stereocenters. The summed E-state index contributed by atoms with van der Waals surface area (Å²) in [7, 11) is 0. The van der Waals surface area contributed by atoms with Gasteiger partial charge in [0, 0.05) is 13.7 Å². The maximum absolute atomic E-state index is 10.0. The molecule has 1 nitrogen and oxygen atoms in total. The van der Waals surface area contributed by atoms with Crippen LogP contribution in [0.15, 0.2) is 18.1 Å². The van der Waals surface area contributed by atoms with Crippen molar-refractivity contribution < 1.29 is 22.9 Å². The quantitative estimate of drug-likeness (QED) is 0.675. The molecule has 0 saturated heterocycles. The van der Waals surface area contributed by atoms with Crippen LogP contribution < -0.4 is 0 Å². The van der Waals surface area contributed by atoms with E-state index in [1.54, 1.807) is 0 Å². The molecule has 1 aromatic carbocycles. The molecule has 0 aliphatic heterocycles. The molecule has 0 amide bonds. The number of aromatic hydroxyl groups is 1. The fraction of sp³-hybridized carbons (Fsp3) is 0.400. The molecule has 0 fully saturated rings. The molecule has 0 aliphatic carbocycles. The van der Waals surface area contributed by atoms with E-state index in [2.05, 4.69) is 0 Å². The fourth-order valence-electron chi connectivity index (χ4n) is 0.577. The number of hydrogen-bond donors (Lipinski definition) is 1. The molecular weight excluding hydrogens is 136 g/mol. The summed E-state index contributed by atoms with van der Waals surface area (Å²) in [6.07, 6.45) is 0. The number of benzene rings is 1. The van der Waals surface area contributed by atoms with Gasteiger partial charge in [-0.3, -0.25) is 0 Å². The predicted octanol–water partition coefficient (Wildman–Crippen LogP) is 2.82. The molecule has 1 heteroatoms. The highest BCUT2D eigenvalue weighted by molar-refractivity contribution is 5.37. The van der Waals surface area contributed by atoms with Gasteiger partial charge in [0.15, 0.2) is 0 Å². The second kappa shape index (κ2) is 2.95.